The molecule has 5 heteroatoms. The number of amides is 1. The van der Waals surface area contributed by atoms with Gasteiger partial charge in [0.05, 0.1) is 0 Å². The van der Waals surface area contributed by atoms with Gasteiger partial charge < -0.3 is 10.6 Å². The molecule has 1 fully saturated rings. The van der Waals surface area contributed by atoms with Crippen molar-refractivity contribution >= 4 is 11.7 Å². The molecule has 2 aromatic rings. The molecule has 0 atom stereocenters. The molecule has 0 spiro atoms. The molecule has 1 heterocycles. The third-order valence-electron chi connectivity index (χ3n) is 4.76. The van der Waals surface area contributed by atoms with Crippen molar-refractivity contribution in [3.8, 4) is 11.4 Å². The van der Waals surface area contributed by atoms with E-state index in [0.717, 1.165) is 37.1 Å². The van der Waals surface area contributed by atoms with Crippen molar-refractivity contribution in [3.05, 3.63) is 42.1 Å². The molecular formula is C21H28N4O. The van der Waals surface area contributed by atoms with Gasteiger partial charge >= 0.3 is 0 Å². The standard InChI is InChI=1S/C21H28N4O/c1-2-3-14-22-21(26)18-15-19(23-17-12-8-5-9-13-17)25-20(24-18)16-10-6-4-7-11-16/h4,6-7,10-11,15,17H,2-3,5,8-9,12-14H2,1H3,(H,22,26)(H,23,24,25). The second-order valence-corrected chi connectivity index (χ2v) is 6.92. The van der Waals surface area contributed by atoms with Gasteiger partial charge in [0.1, 0.15) is 11.5 Å². The molecule has 0 saturated heterocycles. The summed E-state index contributed by atoms with van der Waals surface area (Å²) >= 11 is 0. The van der Waals surface area contributed by atoms with E-state index in [2.05, 4.69) is 27.5 Å². The van der Waals surface area contributed by atoms with Gasteiger partial charge in [0.15, 0.2) is 5.82 Å². The number of benzene rings is 1. The predicted molar refractivity (Wildman–Crippen MR) is 105 cm³/mol. The first kappa shape index (κ1) is 18.4. The van der Waals surface area contributed by atoms with E-state index in [1.807, 2.05) is 30.3 Å². The zero-order valence-electron chi connectivity index (χ0n) is 15.5. The fourth-order valence-corrected chi connectivity index (χ4v) is 3.28. The number of rotatable bonds is 7. The third-order valence-corrected chi connectivity index (χ3v) is 4.76. The average Bonchev–Trinajstić information content (AvgIpc) is 2.69. The van der Waals surface area contributed by atoms with Crippen molar-refractivity contribution in [3.63, 3.8) is 0 Å². The van der Waals surface area contributed by atoms with Gasteiger partial charge in [-0.1, -0.05) is 62.9 Å². The monoisotopic (exact) mass is 352 g/mol. The fourth-order valence-electron chi connectivity index (χ4n) is 3.28. The van der Waals surface area contributed by atoms with Crippen LogP contribution in [0.4, 0.5) is 5.82 Å². The maximum absolute atomic E-state index is 12.5. The van der Waals surface area contributed by atoms with E-state index in [-0.39, 0.29) is 5.91 Å². The van der Waals surface area contributed by atoms with Crippen molar-refractivity contribution in [2.45, 2.75) is 57.9 Å². The van der Waals surface area contributed by atoms with Gasteiger partial charge in [-0.15, -0.1) is 0 Å². The zero-order valence-corrected chi connectivity index (χ0v) is 15.5. The highest BCUT2D eigenvalue weighted by atomic mass is 16.1. The summed E-state index contributed by atoms with van der Waals surface area (Å²) in [6, 6.07) is 12.0. The number of nitrogens with one attached hydrogen (secondary N) is 2. The molecule has 1 aliphatic carbocycles. The molecule has 1 amide bonds. The van der Waals surface area contributed by atoms with Crippen LogP contribution in [-0.4, -0.2) is 28.5 Å². The lowest BCUT2D eigenvalue weighted by Gasteiger charge is -2.23. The lowest BCUT2D eigenvalue weighted by atomic mass is 9.95. The minimum atomic E-state index is -0.135. The second-order valence-electron chi connectivity index (χ2n) is 6.92. The van der Waals surface area contributed by atoms with Crippen LogP contribution in [0.25, 0.3) is 11.4 Å². The van der Waals surface area contributed by atoms with E-state index in [1.165, 1.54) is 19.3 Å². The Balaban J connectivity index is 1.84. The molecule has 0 bridgehead atoms. The van der Waals surface area contributed by atoms with Gasteiger partial charge in [-0.25, -0.2) is 9.97 Å². The first-order valence-corrected chi connectivity index (χ1v) is 9.75. The smallest absolute Gasteiger partial charge is 0.270 e. The summed E-state index contributed by atoms with van der Waals surface area (Å²) in [6.07, 6.45) is 8.13. The maximum atomic E-state index is 12.5. The Hall–Kier alpha value is -2.43. The summed E-state index contributed by atoms with van der Waals surface area (Å²) in [5.74, 6) is 1.20. The minimum absolute atomic E-state index is 0.135. The normalized spacial score (nSPS) is 14.8. The summed E-state index contributed by atoms with van der Waals surface area (Å²) in [5, 5.41) is 6.47. The predicted octanol–water partition coefficient (Wildman–Crippen LogP) is 4.42. The molecule has 1 saturated carbocycles. The molecule has 26 heavy (non-hydrogen) atoms. The van der Waals surface area contributed by atoms with Crippen LogP contribution < -0.4 is 10.6 Å². The number of hydrogen-bond acceptors (Lipinski definition) is 4. The Morgan fingerprint density at radius 3 is 2.62 bits per heavy atom. The largest absolute Gasteiger partial charge is 0.367 e. The maximum Gasteiger partial charge on any atom is 0.270 e. The molecule has 0 radical (unpaired) electrons. The summed E-state index contributed by atoms with van der Waals surface area (Å²) in [7, 11) is 0. The van der Waals surface area contributed by atoms with Crippen molar-refractivity contribution in [1.29, 1.82) is 0 Å². The minimum Gasteiger partial charge on any atom is -0.367 e. The topological polar surface area (TPSA) is 66.9 Å². The molecule has 0 unspecified atom stereocenters. The number of unbranched alkanes of at least 4 members (excludes halogenated alkanes) is 1. The van der Waals surface area contributed by atoms with Crippen molar-refractivity contribution < 1.29 is 4.79 Å². The van der Waals surface area contributed by atoms with Gasteiger partial charge in [0.25, 0.3) is 5.91 Å². The zero-order chi connectivity index (χ0) is 18.2. The molecule has 1 aromatic heterocycles. The molecule has 1 aliphatic rings. The Morgan fingerprint density at radius 2 is 1.88 bits per heavy atom. The van der Waals surface area contributed by atoms with Crippen LogP contribution in [0.1, 0.15) is 62.4 Å². The number of anilines is 1. The van der Waals surface area contributed by atoms with Gasteiger partial charge in [-0.05, 0) is 19.3 Å². The van der Waals surface area contributed by atoms with Crippen LogP contribution in [0.3, 0.4) is 0 Å². The Labute approximate surface area is 155 Å². The van der Waals surface area contributed by atoms with Crippen LogP contribution in [0.5, 0.6) is 0 Å². The summed E-state index contributed by atoms with van der Waals surface area (Å²) in [5.41, 5.74) is 1.34. The highest BCUT2D eigenvalue weighted by Gasteiger charge is 2.17. The average molecular weight is 352 g/mol. The molecule has 5 nitrogen and oxygen atoms in total. The number of carbonyl (C=O) groups excluding carboxylic acids is 1. The Bertz CT molecular complexity index is 711. The SMILES string of the molecule is CCCCNC(=O)c1cc(NC2CCCCC2)nc(-c2ccccc2)n1. The molecule has 0 aliphatic heterocycles. The van der Waals surface area contributed by atoms with Crippen LogP contribution in [0.2, 0.25) is 0 Å². The summed E-state index contributed by atoms with van der Waals surface area (Å²) < 4.78 is 0. The number of nitrogens with zero attached hydrogens (tertiary/aromatic N) is 2. The van der Waals surface area contributed by atoms with E-state index in [4.69, 9.17) is 0 Å². The number of carbonyl (C=O) groups is 1. The van der Waals surface area contributed by atoms with E-state index in [0.29, 0.717) is 24.1 Å². The fraction of sp³-hybridized carbons (Fsp3) is 0.476. The van der Waals surface area contributed by atoms with Gasteiger partial charge in [-0.2, -0.15) is 0 Å². The highest BCUT2D eigenvalue weighted by Crippen LogP contribution is 2.23. The summed E-state index contributed by atoms with van der Waals surface area (Å²) in [4.78, 5) is 21.7. The van der Waals surface area contributed by atoms with E-state index < -0.39 is 0 Å². The van der Waals surface area contributed by atoms with E-state index in [1.54, 1.807) is 6.07 Å². The Kier molecular flexibility index (Phi) is 6.58. The molecular weight excluding hydrogens is 324 g/mol. The first-order chi connectivity index (χ1) is 12.8. The second kappa shape index (κ2) is 9.32. The van der Waals surface area contributed by atoms with Crippen LogP contribution in [0.15, 0.2) is 36.4 Å². The molecule has 138 valence electrons. The Morgan fingerprint density at radius 1 is 1.12 bits per heavy atom. The van der Waals surface area contributed by atoms with E-state index >= 15 is 0 Å². The number of aromatic nitrogens is 2. The van der Waals surface area contributed by atoms with Gasteiger partial charge in [0, 0.05) is 24.2 Å². The lowest BCUT2D eigenvalue weighted by molar-refractivity contribution is 0.0948. The van der Waals surface area contributed by atoms with Gasteiger partial charge in [0.2, 0.25) is 0 Å². The van der Waals surface area contributed by atoms with Crippen LogP contribution in [-0.2, 0) is 0 Å². The quantitative estimate of drug-likeness (QED) is 0.724. The molecule has 1 aromatic carbocycles. The molecule has 3 rings (SSSR count). The highest BCUT2D eigenvalue weighted by molar-refractivity contribution is 5.93. The van der Waals surface area contributed by atoms with E-state index in [9.17, 15) is 4.79 Å². The third kappa shape index (κ3) is 5.04. The van der Waals surface area contributed by atoms with Crippen LogP contribution in [0, 0.1) is 0 Å². The van der Waals surface area contributed by atoms with Crippen LogP contribution >= 0.6 is 0 Å². The number of hydrogen-bond donors (Lipinski definition) is 2. The summed E-state index contributed by atoms with van der Waals surface area (Å²) in [6.45, 7) is 2.78. The molecule has 2 N–H and O–H groups in total. The van der Waals surface area contributed by atoms with Gasteiger partial charge in [-0.3, -0.25) is 4.79 Å². The van der Waals surface area contributed by atoms with Crippen molar-refractivity contribution in [2.75, 3.05) is 11.9 Å². The first-order valence-electron chi connectivity index (χ1n) is 9.75. The van der Waals surface area contributed by atoms with Crippen molar-refractivity contribution in [2.24, 2.45) is 0 Å². The van der Waals surface area contributed by atoms with Crippen molar-refractivity contribution in [1.82, 2.24) is 15.3 Å². The lowest BCUT2D eigenvalue weighted by Crippen LogP contribution is -2.27.